The zero-order valence-corrected chi connectivity index (χ0v) is 21.9. The standard InChI is InChI=1S/C30H35FN4O3/c1-3-6-26-30(38)35(16-15-34(26)29(37)25(32)18-20-10-13-24(31)14-11-20)27(28(36)33-2)19-21-9-12-22-7-4-5-8-23(22)17-21/h4-5,7-14,17,25-27H,3,6,15-16,18-19,32H2,1-2H3,(H,33,36)/t25-,26+,27+/m1/s1. The monoisotopic (exact) mass is 518 g/mol. The van der Waals surface area contributed by atoms with Gasteiger partial charge in [0.15, 0.2) is 0 Å². The Kier molecular flexibility index (Phi) is 8.73. The highest BCUT2D eigenvalue weighted by molar-refractivity contribution is 5.94. The number of fused-ring (bicyclic) bond motifs is 1. The van der Waals surface area contributed by atoms with Crippen LogP contribution in [0.15, 0.2) is 66.7 Å². The topological polar surface area (TPSA) is 95.7 Å². The molecule has 1 aliphatic rings. The number of hydrogen-bond donors (Lipinski definition) is 2. The van der Waals surface area contributed by atoms with Gasteiger partial charge in [0, 0.05) is 26.6 Å². The summed E-state index contributed by atoms with van der Waals surface area (Å²) in [5.41, 5.74) is 7.96. The number of halogens is 1. The van der Waals surface area contributed by atoms with E-state index in [0.29, 0.717) is 19.3 Å². The summed E-state index contributed by atoms with van der Waals surface area (Å²) < 4.78 is 13.3. The molecule has 1 aliphatic heterocycles. The van der Waals surface area contributed by atoms with Crippen LogP contribution in [0.5, 0.6) is 0 Å². The number of carbonyl (C=O) groups excluding carboxylic acids is 3. The van der Waals surface area contributed by atoms with Crippen molar-refractivity contribution in [1.82, 2.24) is 15.1 Å². The molecule has 0 bridgehead atoms. The van der Waals surface area contributed by atoms with Crippen molar-refractivity contribution in [3.63, 3.8) is 0 Å². The van der Waals surface area contributed by atoms with Crippen molar-refractivity contribution >= 4 is 28.5 Å². The minimum absolute atomic E-state index is 0.236. The van der Waals surface area contributed by atoms with Crippen LogP contribution in [0.1, 0.15) is 30.9 Å². The summed E-state index contributed by atoms with van der Waals surface area (Å²) in [6.45, 7) is 2.48. The van der Waals surface area contributed by atoms with Crippen LogP contribution < -0.4 is 11.1 Å². The Balaban J connectivity index is 1.53. The van der Waals surface area contributed by atoms with Crippen LogP contribution in [-0.4, -0.2) is 65.8 Å². The third-order valence-corrected chi connectivity index (χ3v) is 7.23. The maximum atomic E-state index is 13.8. The van der Waals surface area contributed by atoms with Crippen molar-refractivity contribution in [2.45, 2.75) is 50.7 Å². The molecule has 200 valence electrons. The molecule has 0 spiro atoms. The minimum atomic E-state index is -0.855. The van der Waals surface area contributed by atoms with Gasteiger partial charge < -0.3 is 20.9 Å². The van der Waals surface area contributed by atoms with Gasteiger partial charge in [-0.3, -0.25) is 14.4 Å². The second-order valence-corrected chi connectivity index (χ2v) is 9.82. The van der Waals surface area contributed by atoms with E-state index in [1.807, 2.05) is 49.4 Å². The number of benzene rings is 3. The van der Waals surface area contributed by atoms with Gasteiger partial charge in [0.05, 0.1) is 6.04 Å². The predicted molar refractivity (Wildman–Crippen MR) is 146 cm³/mol. The van der Waals surface area contributed by atoms with Gasteiger partial charge in [-0.05, 0) is 46.9 Å². The summed E-state index contributed by atoms with van der Waals surface area (Å²) in [5.74, 6) is -1.15. The fraction of sp³-hybridized carbons (Fsp3) is 0.367. The molecule has 1 heterocycles. The van der Waals surface area contributed by atoms with E-state index >= 15 is 0 Å². The molecule has 3 amide bonds. The van der Waals surface area contributed by atoms with E-state index in [-0.39, 0.29) is 43.0 Å². The molecule has 0 aromatic heterocycles. The second kappa shape index (κ2) is 12.2. The number of nitrogens with zero attached hydrogens (tertiary/aromatic N) is 2. The number of hydrogen-bond acceptors (Lipinski definition) is 4. The van der Waals surface area contributed by atoms with Crippen molar-refractivity contribution < 1.29 is 18.8 Å². The van der Waals surface area contributed by atoms with Gasteiger partial charge in [0.25, 0.3) is 0 Å². The number of amides is 3. The highest BCUT2D eigenvalue weighted by atomic mass is 19.1. The summed E-state index contributed by atoms with van der Waals surface area (Å²) in [5, 5.41) is 4.89. The third kappa shape index (κ3) is 6.02. The fourth-order valence-corrected chi connectivity index (χ4v) is 5.21. The van der Waals surface area contributed by atoms with E-state index in [9.17, 15) is 18.8 Å². The molecule has 3 atom stereocenters. The molecule has 3 N–H and O–H groups in total. The van der Waals surface area contributed by atoms with Crippen LogP contribution in [0.3, 0.4) is 0 Å². The van der Waals surface area contributed by atoms with Crippen LogP contribution in [0.4, 0.5) is 4.39 Å². The van der Waals surface area contributed by atoms with E-state index in [4.69, 9.17) is 5.73 Å². The smallest absolute Gasteiger partial charge is 0.246 e. The Morgan fingerprint density at radius 2 is 1.68 bits per heavy atom. The summed E-state index contributed by atoms with van der Waals surface area (Å²) in [6, 6.07) is 17.7. The van der Waals surface area contributed by atoms with Crippen LogP contribution in [0, 0.1) is 5.82 Å². The predicted octanol–water partition coefficient (Wildman–Crippen LogP) is 3.05. The van der Waals surface area contributed by atoms with E-state index < -0.39 is 18.1 Å². The molecule has 3 aromatic rings. The maximum Gasteiger partial charge on any atom is 0.246 e. The van der Waals surface area contributed by atoms with Gasteiger partial charge in [-0.2, -0.15) is 0 Å². The van der Waals surface area contributed by atoms with Crippen LogP contribution in [-0.2, 0) is 27.2 Å². The van der Waals surface area contributed by atoms with Gasteiger partial charge in [0.2, 0.25) is 17.7 Å². The molecule has 38 heavy (non-hydrogen) atoms. The molecular weight excluding hydrogens is 483 g/mol. The normalized spacial score (nSPS) is 17.4. The summed E-state index contributed by atoms with van der Waals surface area (Å²) in [4.78, 5) is 43.3. The Labute approximate surface area is 222 Å². The molecule has 0 saturated carbocycles. The van der Waals surface area contributed by atoms with E-state index in [0.717, 1.165) is 21.9 Å². The lowest BCUT2D eigenvalue weighted by atomic mass is 9.96. The molecule has 1 saturated heterocycles. The Bertz CT molecular complexity index is 1300. The lowest BCUT2D eigenvalue weighted by Gasteiger charge is -2.44. The molecule has 0 aliphatic carbocycles. The molecule has 4 rings (SSSR count). The SMILES string of the molecule is CCC[C@H]1C(=O)N([C@@H](Cc2ccc3ccccc3c2)C(=O)NC)CCN1C(=O)[C@H](N)Cc1ccc(F)cc1. The Morgan fingerprint density at radius 3 is 2.37 bits per heavy atom. The summed E-state index contributed by atoms with van der Waals surface area (Å²) in [6.07, 6.45) is 1.78. The molecule has 3 aromatic carbocycles. The number of piperazine rings is 1. The average Bonchev–Trinajstić information content (AvgIpc) is 2.93. The zero-order chi connectivity index (χ0) is 27.2. The summed E-state index contributed by atoms with van der Waals surface area (Å²) >= 11 is 0. The Hall–Kier alpha value is -3.78. The first-order valence-corrected chi connectivity index (χ1v) is 13.1. The minimum Gasteiger partial charge on any atom is -0.357 e. The van der Waals surface area contributed by atoms with E-state index in [2.05, 4.69) is 5.32 Å². The largest absolute Gasteiger partial charge is 0.357 e. The van der Waals surface area contributed by atoms with Gasteiger partial charge >= 0.3 is 0 Å². The zero-order valence-electron chi connectivity index (χ0n) is 21.9. The first-order valence-electron chi connectivity index (χ1n) is 13.1. The van der Waals surface area contributed by atoms with Gasteiger partial charge in [-0.15, -0.1) is 0 Å². The van der Waals surface area contributed by atoms with Gasteiger partial charge in [0.1, 0.15) is 17.9 Å². The van der Waals surface area contributed by atoms with Crippen LogP contribution >= 0.6 is 0 Å². The summed E-state index contributed by atoms with van der Waals surface area (Å²) in [7, 11) is 1.57. The number of likely N-dealkylation sites (N-methyl/N-ethyl adjacent to an activating group) is 1. The quantitative estimate of drug-likeness (QED) is 0.455. The molecule has 0 unspecified atom stereocenters. The molecule has 0 radical (unpaired) electrons. The van der Waals surface area contributed by atoms with E-state index in [1.54, 1.807) is 29.0 Å². The lowest BCUT2D eigenvalue weighted by Crippen LogP contribution is -2.65. The van der Waals surface area contributed by atoms with Crippen molar-refractivity contribution in [2.24, 2.45) is 5.73 Å². The fourth-order valence-electron chi connectivity index (χ4n) is 5.21. The number of carbonyl (C=O) groups is 3. The number of nitrogens with one attached hydrogen (secondary N) is 1. The Morgan fingerprint density at radius 1 is 1.00 bits per heavy atom. The second-order valence-electron chi connectivity index (χ2n) is 9.82. The van der Waals surface area contributed by atoms with Crippen molar-refractivity contribution in [3.8, 4) is 0 Å². The lowest BCUT2D eigenvalue weighted by molar-refractivity contribution is -0.156. The third-order valence-electron chi connectivity index (χ3n) is 7.23. The highest BCUT2D eigenvalue weighted by Gasteiger charge is 2.42. The number of rotatable bonds is 9. The first kappa shape index (κ1) is 27.3. The van der Waals surface area contributed by atoms with Crippen LogP contribution in [0.25, 0.3) is 10.8 Å². The van der Waals surface area contributed by atoms with Gasteiger partial charge in [-0.1, -0.05) is 67.9 Å². The molecule has 1 fully saturated rings. The number of nitrogens with two attached hydrogens (primary N) is 1. The van der Waals surface area contributed by atoms with E-state index in [1.165, 1.54) is 12.1 Å². The van der Waals surface area contributed by atoms with Crippen molar-refractivity contribution in [2.75, 3.05) is 20.1 Å². The molecule has 7 nitrogen and oxygen atoms in total. The van der Waals surface area contributed by atoms with Crippen molar-refractivity contribution in [3.05, 3.63) is 83.7 Å². The van der Waals surface area contributed by atoms with Crippen LogP contribution in [0.2, 0.25) is 0 Å². The molecular formula is C30H35FN4O3. The van der Waals surface area contributed by atoms with Crippen molar-refractivity contribution in [1.29, 1.82) is 0 Å². The maximum absolute atomic E-state index is 13.8. The highest BCUT2D eigenvalue weighted by Crippen LogP contribution is 2.23. The van der Waals surface area contributed by atoms with Gasteiger partial charge in [-0.25, -0.2) is 4.39 Å². The first-order chi connectivity index (χ1) is 18.3. The molecule has 8 heteroatoms. The average molecular weight is 519 g/mol.